The number of hydrogen-bond acceptors (Lipinski definition) is 14. The first-order valence-corrected chi connectivity index (χ1v) is 14.7. The maximum atomic E-state index is 12.7. The van der Waals surface area contributed by atoms with E-state index in [1.165, 1.54) is 6.92 Å². The molecule has 0 aromatic rings. The lowest BCUT2D eigenvalue weighted by atomic mass is 9.75. The number of nitrogens with two attached hydrogens (primary N) is 5. The number of halogens is 1. The highest BCUT2D eigenvalue weighted by molar-refractivity contribution is 5.90. The molecule has 2 aliphatic carbocycles. The molecule has 0 bridgehead atoms. The molecule has 248 valence electrons. The number of nitrogens with one attached hydrogen (secondary N) is 1. The Balaban J connectivity index is 1.55. The molecule has 4 fully saturated rings. The SMILES string of the molecule is CN[C@@H]1[C@@H](O)[C@@H](O[C@@H]2[C@@H](O)[C@H](O[C@H]3O[C@H](CN=C(N)CF)CC[C@H]3N)[C@@H](N)C[C@H]2N=C(N)C2(O)CC(N)C2)OC[C@]1(C)O. The second-order valence-electron chi connectivity index (χ2n) is 12.5. The van der Waals surface area contributed by atoms with E-state index in [1.807, 2.05) is 0 Å². The summed E-state index contributed by atoms with van der Waals surface area (Å²) in [7, 11) is 1.58. The number of aliphatic hydroxyl groups excluding tert-OH is 2. The molecule has 2 saturated carbocycles. The van der Waals surface area contributed by atoms with E-state index < -0.39 is 85.1 Å². The van der Waals surface area contributed by atoms with Crippen molar-refractivity contribution in [1.82, 2.24) is 5.32 Å². The highest BCUT2D eigenvalue weighted by atomic mass is 19.1. The molecule has 0 unspecified atom stereocenters. The van der Waals surface area contributed by atoms with E-state index in [2.05, 4.69) is 15.3 Å². The first-order chi connectivity index (χ1) is 20.2. The van der Waals surface area contributed by atoms with Gasteiger partial charge in [-0.1, -0.05) is 0 Å². The van der Waals surface area contributed by atoms with Crippen LogP contribution in [0, 0.1) is 0 Å². The summed E-state index contributed by atoms with van der Waals surface area (Å²) >= 11 is 0. The van der Waals surface area contributed by atoms with Crippen LogP contribution in [0.15, 0.2) is 9.98 Å². The molecule has 4 aliphatic rings. The first-order valence-electron chi connectivity index (χ1n) is 14.7. The molecule has 2 saturated heterocycles. The molecule has 16 nitrogen and oxygen atoms in total. The van der Waals surface area contributed by atoms with Crippen LogP contribution in [-0.4, -0.2) is 143 Å². The summed E-state index contributed by atoms with van der Waals surface area (Å²) in [5.74, 6) is -0.212. The predicted molar refractivity (Wildman–Crippen MR) is 153 cm³/mol. The van der Waals surface area contributed by atoms with E-state index in [4.69, 9.17) is 47.6 Å². The fourth-order valence-corrected chi connectivity index (χ4v) is 6.29. The summed E-state index contributed by atoms with van der Waals surface area (Å²) in [6, 6.07) is -3.26. The Morgan fingerprint density at radius 3 is 2.33 bits per heavy atom. The van der Waals surface area contributed by atoms with Crippen molar-refractivity contribution >= 4 is 11.7 Å². The van der Waals surface area contributed by atoms with Crippen molar-refractivity contribution in [3.8, 4) is 0 Å². The average molecular weight is 621 g/mol. The van der Waals surface area contributed by atoms with Crippen molar-refractivity contribution in [1.29, 1.82) is 0 Å². The van der Waals surface area contributed by atoms with Crippen LogP contribution in [-0.2, 0) is 18.9 Å². The lowest BCUT2D eigenvalue weighted by Crippen LogP contribution is -2.68. The number of amidine groups is 2. The average Bonchev–Trinajstić information content (AvgIpc) is 2.93. The van der Waals surface area contributed by atoms with Gasteiger partial charge in [-0.05, 0) is 46.1 Å². The molecule has 17 heteroatoms. The molecule has 15 N–H and O–H groups in total. The van der Waals surface area contributed by atoms with Gasteiger partial charge in [-0.2, -0.15) is 0 Å². The molecule has 0 spiro atoms. The van der Waals surface area contributed by atoms with Crippen LogP contribution < -0.4 is 34.0 Å². The molecule has 0 aromatic carbocycles. The number of likely N-dealkylation sites (N-methyl/N-ethyl adjacent to an activating group) is 1. The van der Waals surface area contributed by atoms with Gasteiger partial charge in [0, 0.05) is 12.1 Å². The molecule has 0 aromatic heterocycles. The van der Waals surface area contributed by atoms with Gasteiger partial charge in [0.15, 0.2) is 12.6 Å². The third kappa shape index (κ3) is 7.62. The first kappa shape index (κ1) is 34.3. The van der Waals surface area contributed by atoms with E-state index in [0.29, 0.717) is 12.8 Å². The minimum Gasteiger partial charge on any atom is -0.388 e. The molecular weight excluding hydrogens is 571 g/mol. The van der Waals surface area contributed by atoms with Crippen molar-refractivity contribution in [2.45, 2.75) is 124 Å². The van der Waals surface area contributed by atoms with Gasteiger partial charge in [0.25, 0.3) is 0 Å². The summed E-state index contributed by atoms with van der Waals surface area (Å²) < 4.78 is 36.7. The third-order valence-corrected chi connectivity index (χ3v) is 8.83. The van der Waals surface area contributed by atoms with E-state index in [1.54, 1.807) is 7.05 Å². The molecule has 0 amide bonds. The van der Waals surface area contributed by atoms with Crippen LogP contribution in [0.4, 0.5) is 4.39 Å². The van der Waals surface area contributed by atoms with Gasteiger partial charge in [-0.15, -0.1) is 0 Å². The highest BCUT2D eigenvalue weighted by Gasteiger charge is 2.52. The highest BCUT2D eigenvalue weighted by Crippen LogP contribution is 2.35. The standard InChI is InChI=1S/C26H49FN8O8/c1-25(38)10-40-23(18(37)21(25)33-2)43-20-15(35-24(32)26(39)6-11(28)7-26)5-14(30)19(17(20)36)42-22-13(29)4-3-12(41-22)9-34-16(31)8-27/h11-15,17-23,33,36-39H,3-10,28-30H2,1-2H3,(H2,31,34)(H2,32,35)/t11?,12-,13+,14-,15+,17-,18+,19+,20-,21+,22+,23+,25-,26?/m0/s1. The summed E-state index contributed by atoms with van der Waals surface area (Å²) in [6.45, 7) is 0.587. The van der Waals surface area contributed by atoms with Gasteiger partial charge in [-0.25, -0.2) is 4.39 Å². The minimum atomic E-state index is -1.44. The van der Waals surface area contributed by atoms with Crippen LogP contribution in [0.3, 0.4) is 0 Å². The van der Waals surface area contributed by atoms with Gasteiger partial charge >= 0.3 is 0 Å². The van der Waals surface area contributed by atoms with E-state index in [0.717, 1.165) is 0 Å². The predicted octanol–water partition coefficient (Wildman–Crippen LogP) is -4.36. The number of aliphatic imine (C=N–C) groups is 2. The Bertz CT molecular complexity index is 1000. The number of aliphatic hydroxyl groups is 4. The molecule has 43 heavy (non-hydrogen) atoms. The van der Waals surface area contributed by atoms with E-state index in [9.17, 15) is 24.8 Å². The van der Waals surface area contributed by atoms with Crippen molar-refractivity contribution in [3.63, 3.8) is 0 Å². The summed E-state index contributed by atoms with van der Waals surface area (Å²) in [5.41, 5.74) is 27.5. The normalized spacial score (nSPS) is 48.1. The Kier molecular flexibility index (Phi) is 11.0. The molecular formula is C26H49FN8O8. The minimum absolute atomic E-state index is 0.0682. The zero-order chi connectivity index (χ0) is 31.7. The van der Waals surface area contributed by atoms with E-state index >= 15 is 0 Å². The number of rotatable bonds is 10. The fraction of sp³-hybridized carbons (Fsp3) is 0.923. The maximum Gasteiger partial charge on any atom is 0.185 e. The zero-order valence-electron chi connectivity index (χ0n) is 24.7. The molecule has 2 aliphatic heterocycles. The topological polar surface area (TPSA) is 285 Å². The fourth-order valence-electron chi connectivity index (χ4n) is 6.29. The molecule has 12 atom stereocenters. The zero-order valence-corrected chi connectivity index (χ0v) is 24.7. The lowest BCUT2D eigenvalue weighted by molar-refractivity contribution is -0.306. The quantitative estimate of drug-likeness (QED) is 0.0816. The monoisotopic (exact) mass is 620 g/mol. The Morgan fingerprint density at radius 2 is 1.70 bits per heavy atom. The van der Waals surface area contributed by atoms with Crippen molar-refractivity contribution < 1.29 is 43.8 Å². The van der Waals surface area contributed by atoms with Crippen LogP contribution in [0.1, 0.15) is 39.0 Å². The summed E-state index contributed by atoms with van der Waals surface area (Å²) in [6.07, 6.45) is -6.09. The smallest absolute Gasteiger partial charge is 0.185 e. The molecule has 0 radical (unpaired) electrons. The van der Waals surface area contributed by atoms with Gasteiger partial charge in [0.2, 0.25) is 0 Å². The third-order valence-electron chi connectivity index (χ3n) is 8.83. The van der Waals surface area contributed by atoms with Gasteiger partial charge in [-0.3, -0.25) is 9.98 Å². The van der Waals surface area contributed by atoms with Crippen LogP contribution in [0.2, 0.25) is 0 Å². The molecule has 2 heterocycles. The second kappa shape index (κ2) is 13.8. The van der Waals surface area contributed by atoms with Crippen LogP contribution in [0.25, 0.3) is 0 Å². The Hall–Kier alpha value is -1.61. The van der Waals surface area contributed by atoms with Crippen molar-refractivity contribution in [2.75, 3.05) is 26.9 Å². The van der Waals surface area contributed by atoms with Gasteiger partial charge in [0.1, 0.15) is 54.0 Å². The van der Waals surface area contributed by atoms with Crippen molar-refractivity contribution in [3.05, 3.63) is 0 Å². The summed E-state index contributed by atoms with van der Waals surface area (Å²) in [4.78, 5) is 8.49. The maximum absolute atomic E-state index is 12.7. The second-order valence-corrected chi connectivity index (χ2v) is 12.5. The van der Waals surface area contributed by atoms with Crippen LogP contribution in [0.5, 0.6) is 0 Å². The number of hydrogen-bond donors (Lipinski definition) is 10. The van der Waals surface area contributed by atoms with Crippen molar-refractivity contribution in [2.24, 2.45) is 38.7 Å². The van der Waals surface area contributed by atoms with E-state index in [-0.39, 0.29) is 50.1 Å². The number of alkyl halides is 1. The van der Waals surface area contributed by atoms with Gasteiger partial charge < -0.3 is 73.4 Å². The summed E-state index contributed by atoms with van der Waals surface area (Å²) in [5, 5.41) is 47.0. The largest absolute Gasteiger partial charge is 0.388 e. The van der Waals surface area contributed by atoms with Gasteiger partial charge in [0.05, 0.1) is 37.4 Å². The van der Waals surface area contributed by atoms with Crippen LogP contribution >= 0.6 is 0 Å². The number of ether oxygens (including phenoxy) is 4. The Labute approximate surface area is 250 Å². The lowest BCUT2D eigenvalue weighted by Gasteiger charge is -2.48. The Morgan fingerprint density at radius 1 is 1.02 bits per heavy atom. The number of nitrogens with zero attached hydrogens (tertiary/aromatic N) is 2. The molecule has 4 rings (SSSR count).